The number of hydrogen-bond acceptors (Lipinski definition) is 2. The first-order chi connectivity index (χ1) is 8.65. The molecule has 0 bridgehead atoms. The highest BCUT2D eigenvalue weighted by Gasteiger charge is 2.21. The molecule has 98 valence electrons. The van der Waals surface area contributed by atoms with E-state index >= 15 is 0 Å². The van der Waals surface area contributed by atoms with Gasteiger partial charge in [-0.15, -0.1) is 0 Å². The van der Waals surface area contributed by atoms with E-state index in [9.17, 15) is 9.18 Å². The summed E-state index contributed by atoms with van der Waals surface area (Å²) < 4.78 is 13.0. The number of rotatable bonds is 6. The average Bonchev–Trinajstić information content (AvgIpc) is 3.17. The molecular formula is C14H19FN2O. The molecule has 2 N–H and O–H groups in total. The molecule has 1 fully saturated rings. The largest absolute Gasteiger partial charge is 0.355 e. The van der Waals surface area contributed by atoms with E-state index < -0.39 is 0 Å². The normalized spacial score (nSPS) is 16.3. The second-order valence-electron chi connectivity index (χ2n) is 4.91. The lowest BCUT2D eigenvalue weighted by atomic mass is 10.1. The van der Waals surface area contributed by atoms with Gasteiger partial charge in [0.1, 0.15) is 5.82 Å². The molecule has 4 heteroatoms. The van der Waals surface area contributed by atoms with E-state index in [1.165, 1.54) is 25.0 Å². The average molecular weight is 250 g/mol. The van der Waals surface area contributed by atoms with Gasteiger partial charge in [-0.3, -0.25) is 4.79 Å². The van der Waals surface area contributed by atoms with Crippen LogP contribution in [0.15, 0.2) is 24.3 Å². The van der Waals surface area contributed by atoms with Crippen molar-refractivity contribution >= 4 is 5.91 Å². The Hall–Kier alpha value is -1.42. The lowest BCUT2D eigenvalue weighted by Crippen LogP contribution is -2.36. The van der Waals surface area contributed by atoms with Gasteiger partial charge >= 0.3 is 0 Å². The molecule has 0 heterocycles. The van der Waals surface area contributed by atoms with Crippen molar-refractivity contribution in [2.24, 2.45) is 5.92 Å². The zero-order valence-electron chi connectivity index (χ0n) is 10.6. The van der Waals surface area contributed by atoms with Crippen LogP contribution in [0.3, 0.4) is 0 Å². The minimum Gasteiger partial charge on any atom is -0.355 e. The number of halogens is 1. The van der Waals surface area contributed by atoms with Crippen LogP contribution in [0.2, 0.25) is 0 Å². The minimum atomic E-state index is -0.251. The summed E-state index contributed by atoms with van der Waals surface area (Å²) in [6.45, 7) is 2.97. The molecule has 0 aromatic heterocycles. The fourth-order valence-corrected chi connectivity index (χ4v) is 1.78. The Morgan fingerprint density at radius 1 is 1.50 bits per heavy atom. The molecule has 2 rings (SSSR count). The summed E-state index contributed by atoms with van der Waals surface area (Å²) in [5, 5.41) is 5.98. The first-order valence-corrected chi connectivity index (χ1v) is 6.40. The standard InChI is InChI=1S/C14H19FN2O/c1-10(12-3-2-4-13(15)7-12)16-9-14(18)17-8-11-5-6-11/h2-4,7,10-11,16H,5-6,8-9H2,1H3,(H,17,18)/t10-/m0/s1. The van der Waals surface area contributed by atoms with Crippen LogP contribution >= 0.6 is 0 Å². The number of hydrogen-bond donors (Lipinski definition) is 2. The molecule has 1 saturated carbocycles. The summed E-state index contributed by atoms with van der Waals surface area (Å²) in [6, 6.07) is 6.39. The second-order valence-corrected chi connectivity index (χ2v) is 4.91. The highest BCUT2D eigenvalue weighted by Crippen LogP contribution is 2.27. The van der Waals surface area contributed by atoms with Crippen molar-refractivity contribution in [3.8, 4) is 0 Å². The van der Waals surface area contributed by atoms with E-state index in [-0.39, 0.29) is 24.3 Å². The molecule has 3 nitrogen and oxygen atoms in total. The third-order valence-corrected chi connectivity index (χ3v) is 3.20. The van der Waals surface area contributed by atoms with Crippen molar-refractivity contribution in [1.29, 1.82) is 0 Å². The van der Waals surface area contributed by atoms with E-state index in [0.717, 1.165) is 12.1 Å². The maximum Gasteiger partial charge on any atom is 0.233 e. The topological polar surface area (TPSA) is 41.1 Å². The van der Waals surface area contributed by atoms with Gasteiger partial charge in [-0.1, -0.05) is 12.1 Å². The van der Waals surface area contributed by atoms with Gasteiger partial charge in [0.15, 0.2) is 0 Å². The molecule has 0 aliphatic heterocycles. The van der Waals surface area contributed by atoms with Crippen LogP contribution in [0.1, 0.15) is 31.4 Å². The van der Waals surface area contributed by atoms with Gasteiger partial charge in [-0.2, -0.15) is 0 Å². The van der Waals surface area contributed by atoms with Crippen molar-refractivity contribution < 1.29 is 9.18 Å². The van der Waals surface area contributed by atoms with Crippen LogP contribution in [0.5, 0.6) is 0 Å². The van der Waals surface area contributed by atoms with E-state index in [1.54, 1.807) is 6.07 Å². The first-order valence-electron chi connectivity index (χ1n) is 6.40. The van der Waals surface area contributed by atoms with Gasteiger partial charge in [0.25, 0.3) is 0 Å². The van der Waals surface area contributed by atoms with E-state index in [1.807, 2.05) is 13.0 Å². The van der Waals surface area contributed by atoms with Gasteiger partial charge < -0.3 is 10.6 Å². The Kier molecular flexibility index (Phi) is 4.31. The lowest BCUT2D eigenvalue weighted by molar-refractivity contribution is -0.120. The van der Waals surface area contributed by atoms with Gasteiger partial charge in [-0.05, 0) is 43.4 Å². The maximum atomic E-state index is 13.0. The van der Waals surface area contributed by atoms with Gasteiger partial charge in [0.2, 0.25) is 5.91 Å². The molecule has 1 aromatic carbocycles. The fraction of sp³-hybridized carbons (Fsp3) is 0.500. The fourth-order valence-electron chi connectivity index (χ4n) is 1.78. The van der Waals surface area contributed by atoms with E-state index in [4.69, 9.17) is 0 Å². The number of amides is 1. The zero-order valence-corrected chi connectivity index (χ0v) is 10.6. The number of nitrogens with one attached hydrogen (secondary N) is 2. The van der Waals surface area contributed by atoms with Crippen LogP contribution < -0.4 is 10.6 Å². The Balaban J connectivity index is 1.73. The molecule has 0 unspecified atom stereocenters. The van der Waals surface area contributed by atoms with Crippen molar-refractivity contribution in [3.63, 3.8) is 0 Å². The molecule has 0 saturated heterocycles. The summed E-state index contributed by atoms with van der Waals surface area (Å²) in [7, 11) is 0. The summed E-state index contributed by atoms with van der Waals surface area (Å²) in [5.74, 6) is 0.444. The van der Waals surface area contributed by atoms with Crippen LogP contribution in [-0.2, 0) is 4.79 Å². The second kappa shape index (κ2) is 5.96. The van der Waals surface area contributed by atoms with Crippen molar-refractivity contribution in [1.82, 2.24) is 10.6 Å². The predicted octanol–water partition coefficient (Wildman–Crippen LogP) is 2.00. The quantitative estimate of drug-likeness (QED) is 0.811. The Morgan fingerprint density at radius 3 is 2.94 bits per heavy atom. The molecule has 0 spiro atoms. The predicted molar refractivity (Wildman–Crippen MR) is 68.6 cm³/mol. The van der Waals surface area contributed by atoms with E-state index in [0.29, 0.717) is 5.92 Å². The summed E-state index contributed by atoms with van der Waals surface area (Å²) in [5.41, 5.74) is 0.852. The summed E-state index contributed by atoms with van der Waals surface area (Å²) >= 11 is 0. The zero-order chi connectivity index (χ0) is 13.0. The molecule has 18 heavy (non-hydrogen) atoms. The van der Waals surface area contributed by atoms with Crippen LogP contribution in [0.25, 0.3) is 0 Å². The smallest absolute Gasteiger partial charge is 0.233 e. The molecule has 1 aromatic rings. The molecule has 0 radical (unpaired) electrons. The highest BCUT2D eigenvalue weighted by molar-refractivity contribution is 5.78. The molecular weight excluding hydrogens is 231 g/mol. The van der Waals surface area contributed by atoms with Crippen molar-refractivity contribution in [3.05, 3.63) is 35.6 Å². The third-order valence-electron chi connectivity index (χ3n) is 3.20. The Morgan fingerprint density at radius 2 is 2.28 bits per heavy atom. The molecule has 1 aliphatic rings. The third kappa shape index (κ3) is 4.11. The number of benzene rings is 1. The van der Waals surface area contributed by atoms with Crippen LogP contribution in [-0.4, -0.2) is 19.0 Å². The Bertz CT molecular complexity index is 418. The van der Waals surface area contributed by atoms with Crippen LogP contribution in [0, 0.1) is 11.7 Å². The van der Waals surface area contributed by atoms with Gasteiger partial charge in [0.05, 0.1) is 6.54 Å². The highest BCUT2D eigenvalue weighted by atomic mass is 19.1. The SMILES string of the molecule is C[C@H](NCC(=O)NCC1CC1)c1cccc(F)c1. The number of carbonyl (C=O) groups excluding carboxylic acids is 1. The number of carbonyl (C=O) groups is 1. The molecule has 1 aliphatic carbocycles. The minimum absolute atomic E-state index is 0.00477. The summed E-state index contributed by atoms with van der Waals surface area (Å²) in [6.07, 6.45) is 2.46. The van der Waals surface area contributed by atoms with Gasteiger partial charge in [0, 0.05) is 12.6 Å². The first kappa shape index (κ1) is 13.0. The lowest BCUT2D eigenvalue weighted by Gasteiger charge is -2.14. The Labute approximate surface area is 107 Å². The van der Waals surface area contributed by atoms with Crippen molar-refractivity contribution in [2.75, 3.05) is 13.1 Å². The van der Waals surface area contributed by atoms with E-state index in [2.05, 4.69) is 10.6 Å². The van der Waals surface area contributed by atoms with Gasteiger partial charge in [-0.25, -0.2) is 4.39 Å². The summed E-state index contributed by atoms with van der Waals surface area (Å²) in [4.78, 5) is 11.5. The maximum absolute atomic E-state index is 13.0. The molecule has 1 atom stereocenters. The molecule has 1 amide bonds. The van der Waals surface area contributed by atoms with Crippen molar-refractivity contribution in [2.45, 2.75) is 25.8 Å². The monoisotopic (exact) mass is 250 g/mol. The van der Waals surface area contributed by atoms with Crippen LogP contribution in [0.4, 0.5) is 4.39 Å².